The van der Waals surface area contributed by atoms with E-state index < -0.39 is 0 Å². The zero-order valence-corrected chi connectivity index (χ0v) is 9.86. The van der Waals surface area contributed by atoms with E-state index in [0.29, 0.717) is 0 Å². The van der Waals surface area contributed by atoms with Gasteiger partial charge in [0.25, 0.3) is 0 Å². The fourth-order valence-electron chi connectivity index (χ4n) is 1.77. The number of pyridine rings is 1. The predicted molar refractivity (Wildman–Crippen MR) is 63.6 cm³/mol. The van der Waals surface area contributed by atoms with Crippen molar-refractivity contribution in [2.75, 3.05) is 7.05 Å². The molecule has 0 fully saturated rings. The summed E-state index contributed by atoms with van der Waals surface area (Å²) in [7, 11) is 1.94. The molecule has 0 unspecified atom stereocenters. The Hall–Kier alpha value is -1.68. The van der Waals surface area contributed by atoms with Gasteiger partial charge in [-0.25, -0.2) is 9.97 Å². The van der Waals surface area contributed by atoms with Crippen LogP contribution >= 0.6 is 0 Å². The lowest BCUT2D eigenvalue weighted by atomic mass is 10.2. The molecule has 4 heteroatoms. The molecule has 0 spiro atoms. The van der Waals surface area contributed by atoms with E-state index in [-0.39, 0.29) is 0 Å². The molecule has 0 amide bonds. The van der Waals surface area contributed by atoms with Crippen LogP contribution in [0.15, 0.2) is 24.5 Å². The molecule has 0 aliphatic heterocycles. The van der Waals surface area contributed by atoms with E-state index in [4.69, 9.17) is 0 Å². The minimum atomic E-state index is 0.851. The molecule has 2 rings (SSSR count). The van der Waals surface area contributed by atoms with Crippen molar-refractivity contribution >= 4 is 0 Å². The maximum Gasteiger partial charge on any atom is 0.138 e. The van der Waals surface area contributed by atoms with Gasteiger partial charge in [0.05, 0.1) is 0 Å². The van der Waals surface area contributed by atoms with Gasteiger partial charge in [0, 0.05) is 24.6 Å². The largest absolute Gasteiger partial charge is 0.316 e. The van der Waals surface area contributed by atoms with Gasteiger partial charge in [0.15, 0.2) is 0 Å². The molecule has 1 N–H and O–H groups in total. The molecular formula is C12H16N4. The Kier molecular flexibility index (Phi) is 3.01. The summed E-state index contributed by atoms with van der Waals surface area (Å²) in [5, 5.41) is 3.15. The Morgan fingerprint density at radius 2 is 2.12 bits per heavy atom. The Balaban J connectivity index is 2.45. The normalized spacial score (nSPS) is 10.7. The topological polar surface area (TPSA) is 42.7 Å². The van der Waals surface area contributed by atoms with E-state index in [1.165, 1.54) is 5.56 Å². The average molecular weight is 216 g/mol. The molecule has 0 radical (unpaired) electrons. The van der Waals surface area contributed by atoms with Crippen LogP contribution in [0.1, 0.15) is 17.1 Å². The first-order chi connectivity index (χ1) is 7.70. The smallest absolute Gasteiger partial charge is 0.138 e. The highest BCUT2D eigenvalue weighted by atomic mass is 15.1. The van der Waals surface area contributed by atoms with Crippen LogP contribution in [-0.2, 0) is 6.54 Å². The molecular weight excluding hydrogens is 200 g/mol. The van der Waals surface area contributed by atoms with Crippen molar-refractivity contribution in [2.45, 2.75) is 20.4 Å². The van der Waals surface area contributed by atoms with Crippen molar-refractivity contribution in [1.29, 1.82) is 0 Å². The van der Waals surface area contributed by atoms with Gasteiger partial charge in [-0.05, 0) is 38.6 Å². The third-order valence-electron chi connectivity index (χ3n) is 2.45. The summed E-state index contributed by atoms with van der Waals surface area (Å²) in [6.07, 6.45) is 3.72. The zero-order chi connectivity index (χ0) is 11.5. The van der Waals surface area contributed by atoms with E-state index in [2.05, 4.69) is 27.4 Å². The van der Waals surface area contributed by atoms with E-state index in [1.54, 1.807) is 6.20 Å². The van der Waals surface area contributed by atoms with Crippen molar-refractivity contribution in [3.05, 3.63) is 41.6 Å². The summed E-state index contributed by atoms with van der Waals surface area (Å²) in [6, 6.07) is 4.17. The van der Waals surface area contributed by atoms with Crippen LogP contribution in [0.4, 0.5) is 0 Å². The van der Waals surface area contributed by atoms with Gasteiger partial charge in [0.1, 0.15) is 11.6 Å². The second-order valence-corrected chi connectivity index (χ2v) is 3.85. The van der Waals surface area contributed by atoms with Crippen LogP contribution in [0.25, 0.3) is 5.82 Å². The predicted octanol–water partition coefficient (Wildman–Crippen LogP) is 1.60. The van der Waals surface area contributed by atoms with Crippen molar-refractivity contribution in [2.24, 2.45) is 0 Å². The van der Waals surface area contributed by atoms with Gasteiger partial charge >= 0.3 is 0 Å². The monoisotopic (exact) mass is 216 g/mol. The molecule has 2 aromatic heterocycles. The number of hydrogen-bond acceptors (Lipinski definition) is 3. The van der Waals surface area contributed by atoms with E-state index in [1.807, 2.05) is 31.7 Å². The van der Waals surface area contributed by atoms with E-state index in [0.717, 1.165) is 23.9 Å². The Labute approximate surface area is 95.4 Å². The number of nitrogens with zero attached hydrogens (tertiary/aromatic N) is 3. The number of rotatable bonds is 3. The number of imidazole rings is 1. The standard InChI is InChI=1S/C12H16N4/c1-9-6-11(8-13-3)7-12(15-9)16-5-4-14-10(16)2/h4-7,13H,8H2,1-3H3. The second kappa shape index (κ2) is 4.45. The maximum absolute atomic E-state index is 4.51. The van der Waals surface area contributed by atoms with Gasteiger partial charge in [-0.15, -0.1) is 0 Å². The summed E-state index contributed by atoms with van der Waals surface area (Å²) in [6.45, 7) is 4.83. The van der Waals surface area contributed by atoms with Gasteiger partial charge in [-0.1, -0.05) is 0 Å². The summed E-state index contributed by atoms with van der Waals surface area (Å²) < 4.78 is 1.99. The van der Waals surface area contributed by atoms with Gasteiger partial charge in [-0.3, -0.25) is 4.57 Å². The zero-order valence-electron chi connectivity index (χ0n) is 9.86. The third-order valence-corrected chi connectivity index (χ3v) is 2.45. The summed E-state index contributed by atoms with van der Waals surface area (Å²) in [4.78, 5) is 8.72. The summed E-state index contributed by atoms with van der Waals surface area (Å²) >= 11 is 0. The molecule has 16 heavy (non-hydrogen) atoms. The van der Waals surface area contributed by atoms with E-state index in [9.17, 15) is 0 Å². The SMILES string of the molecule is CNCc1cc(C)nc(-n2ccnc2C)c1. The number of nitrogens with one attached hydrogen (secondary N) is 1. The number of hydrogen-bond donors (Lipinski definition) is 1. The van der Waals surface area contributed by atoms with Crippen LogP contribution in [0, 0.1) is 13.8 Å². The molecule has 4 nitrogen and oxygen atoms in total. The Morgan fingerprint density at radius 1 is 1.31 bits per heavy atom. The molecule has 0 saturated heterocycles. The Bertz CT molecular complexity index is 488. The van der Waals surface area contributed by atoms with Crippen molar-refractivity contribution in [1.82, 2.24) is 19.9 Å². The molecule has 0 aromatic carbocycles. The van der Waals surface area contributed by atoms with Crippen LogP contribution < -0.4 is 5.32 Å². The van der Waals surface area contributed by atoms with Gasteiger partial charge < -0.3 is 5.32 Å². The third kappa shape index (κ3) is 2.12. The number of aryl methyl sites for hydroxylation is 2. The lowest BCUT2D eigenvalue weighted by Gasteiger charge is -2.08. The molecule has 0 aliphatic rings. The molecule has 2 aromatic rings. The van der Waals surface area contributed by atoms with Gasteiger partial charge in [-0.2, -0.15) is 0 Å². The molecule has 84 valence electrons. The molecule has 0 atom stereocenters. The highest BCUT2D eigenvalue weighted by Crippen LogP contribution is 2.11. The quantitative estimate of drug-likeness (QED) is 0.847. The van der Waals surface area contributed by atoms with Gasteiger partial charge in [0.2, 0.25) is 0 Å². The van der Waals surface area contributed by atoms with Crippen LogP contribution in [0.2, 0.25) is 0 Å². The fraction of sp³-hybridized carbons (Fsp3) is 0.333. The summed E-state index contributed by atoms with van der Waals surface area (Å²) in [5.41, 5.74) is 2.26. The van der Waals surface area contributed by atoms with Crippen LogP contribution in [-0.4, -0.2) is 21.6 Å². The first kappa shape index (κ1) is 10.8. The molecule has 0 aliphatic carbocycles. The highest BCUT2D eigenvalue weighted by molar-refractivity contribution is 5.31. The average Bonchev–Trinajstić information content (AvgIpc) is 2.64. The number of aromatic nitrogens is 3. The molecule has 0 saturated carbocycles. The fourth-order valence-corrected chi connectivity index (χ4v) is 1.77. The lowest BCUT2D eigenvalue weighted by molar-refractivity contribution is 0.808. The molecule has 2 heterocycles. The minimum absolute atomic E-state index is 0.851. The maximum atomic E-state index is 4.51. The van der Waals surface area contributed by atoms with Crippen molar-refractivity contribution in [3.63, 3.8) is 0 Å². The molecule has 0 bridgehead atoms. The first-order valence-corrected chi connectivity index (χ1v) is 5.33. The van der Waals surface area contributed by atoms with Crippen molar-refractivity contribution in [3.8, 4) is 5.82 Å². The Morgan fingerprint density at radius 3 is 2.75 bits per heavy atom. The second-order valence-electron chi connectivity index (χ2n) is 3.85. The van der Waals surface area contributed by atoms with Crippen LogP contribution in [0.3, 0.4) is 0 Å². The summed E-state index contributed by atoms with van der Waals surface area (Å²) in [5.74, 6) is 1.88. The first-order valence-electron chi connectivity index (χ1n) is 5.33. The highest BCUT2D eigenvalue weighted by Gasteiger charge is 2.04. The van der Waals surface area contributed by atoms with Crippen LogP contribution in [0.5, 0.6) is 0 Å². The lowest BCUT2D eigenvalue weighted by Crippen LogP contribution is -2.08. The minimum Gasteiger partial charge on any atom is -0.316 e. The van der Waals surface area contributed by atoms with Crippen molar-refractivity contribution < 1.29 is 0 Å². The van der Waals surface area contributed by atoms with E-state index >= 15 is 0 Å².